The van der Waals surface area contributed by atoms with E-state index in [9.17, 15) is 0 Å². The van der Waals surface area contributed by atoms with Crippen LogP contribution in [0.2, 0.25) is 5.02 Å². The normalized spacial score (nSPS) is 10.8. The number of pyridine rings is 1. The SMILES string of the molecule is Clc1cccc(CBr)c1OCc1cccc2cccnc12. The van der Waals surface area contributed by atoms with Crippen molar-refractivity contribution in [2.45, 2.75) is 11.9 Å². The number of alkyl halides is 1. The molecule has 0 fully saturated rings. The number of rotatable bonds is 4. The molecule has 0 amide bonds. The van der Waals surface area contributed by atoms with E-state index in [1.165, 1.54) is 0 Å². The monoisotopic (exact) mass is 361 g/mol. The predicted molar refractivity (Wildman–Crippen MR) is 90.2 cm³/mol. The standard InChI is InChI=1S/C17H13BrClNO/c18-10-13-5-2-8-15(19)17(13)21-11-14-6-1-4-12-7-3-9-20-16(12)14/h1-9H,10-11H2. The summed E-state index contributed by atoms with van der Waals surface area (Å²) in [6.45, 7) is 0.443. The highest BCUT2D eigenvalue weighted by molar-refractivity contribution is 9.08. The van der Waals surface area contributed by atoms with Gasteiger partial charge in [0.05, 0.1) is 10.5 Å². The van der Waals surface area contributed by atoms with Crippen molar-refractivity contribution in [3.8, 4) is 5.75 Å². The highest BCUT2D eigenvalue weighted by atomic mass is 79.9. The molecule has 0 aliphatic rings. The van der Waals surface area contributed by atoms with E-state index in [2.05, 4.69) is 20.9 Å². The van der Waals surface area contributed by atoms with Crippen molar-refractivity contribution in [3.63, 3.8) is 0 Å². The molecule has 0 aliphatic heterocycles. The van der Waals surface area contributed by atoms with Crippen LogP contribution in [0.4, 0.5) is 0 Å². The van der Waals surface area contributed by atoms with E-state index in [0.29, 0.717) is 17.0 Å². The van der Waals surface area contributed by atoms with Gasteiger partial charge >= 0.3 is 0 Å². The summed E-state index contributed by atoms with van der Waals surface area (Å²) >= 11 is 9.69. The number of para-hydroxylation sites is 2. The number of ether oxygens (including phenoxy) is 1. The quantitative estimate of drug-likeness (QED) is 0.583. The molecule has 3 aromatic rings. The average molecular weight is 363 g/mol. The largest absolute Gasteiger partial charge is 0.487 e. The maximum absolute atomic E-state index is 6.23. The molecule has 0 saturated heterocycles. The molecule has 0 spiro atoms. The van der Waals surface area contributed by atoms with E-state index >= 15 is 0 Å². The second kappa shape index (κ2) is 6.46. The number of hydrogen-bond donors (Lipinski definition) is 0. The minimum absolute atomic E-state index is 0.443. The van der Waals surface area contributed by atoms with Crippen LogP contribution in [-0.4, -0.2) is 4.98 Å². The Balaban J connectivity index is 1.91. The van der Waals surface area contributed by atoms with Gasteiger partial charge in [-0.2, -0.15) is 0 Å². The van der Waals surface area contributed by atoms with Gasteiger partial charge in [-0.25, -0.2) is 0 Å². The van der Waals surface area contributed by atoms with Gasteiger partial charge in [-0.05, 0) is 12.1 Å². The van der Waals surface area contributed by atoms with Gasteiger partial charge in [0, 0.05) is 28.0 Å². The summed E-state index contributed by atoms with van der Waals surface area (Å²) in [5.74, 6) is 0.726. The highest BCUT2D eigenvalue weighted by Gasteiger charge is 2.09. The third kappa shape index (κ3) is 3.04. The van der Waals surface area contributed by atoms with Gasteiger partial charge in [-0.1, -0.05) is 63.9 Å². The first-order valence-corrected chi connectivity index (χ1v) is 8.08. The Labute approximate surface area is 136 Å². The molecule has 21 heavy (non-hydrogen) atoms. The minimum Gasteiger partial charge on any atom is -0.487 e. The number of fused-ring (bicyclic) bond motifs is 1. The van der Waals surface area contributed by atoms with Crippen LogP contribution in [0, 0.1) is 0 Å². The number of aromatic nitrogens is 1. The van der Waals surface area contributed by atoms with Crippen LogP contribution in [0.1, 0.15) is 11.1 Å². The molecule has 0 aliphatic carbocycles. The summed E-state index contributed by atoms with van der Waals surface area (Å²) in [6, 6.07) is 15.8. The molecule has 0 radical (unpaired) electrons. The fourth-order valence-corrected chi connectivity index (χ4v) is 2.94. The third-order valence-electron chi connectivity index (χ3n) is 3.28. The van der Waals surface area contributed by atoms with Crippen molar-refractivity contribution in [2.24, 2.45) is 0 Å². The summed E-state index contributed by atoms with van der Waals surface area (Å²) in [4.78, 5) is 4.44. The highest BCUT2D eigenvalue weighted by Crippen LogP contribution is 2.31. The van der Waals surface area contributed by atoms with Crippen LogP contribution in [-0.2, 0) is 11.9 Å². The lowest BCUT2D eigenvalue weighted by Gasteiger charge is -2.12. The van der Waals surface area contributed by atoms with Gasteiger partial charge in [0.2, 0.25) is 0 Å². The molecular formula is C17H13BrClNO. The molecule has 4 heteroatoms. The summed E-state index contributed by atoms with van der Waals surface area (Å²) in [6.07, 6.45) is 1.80. The lowest BCUT2D eigenvalue weighted by molar-refractivity contribution is 0.305. The first-order chi connectivity index (χ1) is 10.3. The zero-order valence-corrected chi connectivity index (χ0v) is 13.6. The van der Waals surface area contributed by atoms with Crippen molar-refractivity contribution < 1.29 is 4.74 Å². The van der Waals surface area contributed by atoms with Crippen LogP contribution in [0.5, 0.6) is 5.75 Å². The van der Waals surface area contributed by atoms with Gasteiger partial charge in [0.25, 0.3) is 0 Å². The summed E-state index contributed by atoms with van der Waals surface area (Å²) < 4.78 is 5.95. The molecule has 2 nitrogen and oxygen atoms in total. The van der Waals surface area contributed by atoms with Crippen LogP contribution in [0.25, 0.3) is 10.9 Å². The maximum Gasteiger partial charge on any atom is 0.142 e. The van der Waals surface area contributed by atoms with E-state index in [1.54, 1.807) is 6.20 Å². The van der Waals surface area contributed by atoms with E-state index < -0.39 is 0 Å². The van der Waals surface area contributed by atoms with Gasteiger partial charge in [0.1, 0.15) is 12.4 Å². The Morgan fingerprint density at radius 1 is 1.00 bits per heavy atom. The lowest BCUT2D eigenvalue weighted by Crippen LogP contribution is -2.00. The zero-order chi connectivity index (χ0) is 14.7. The first-order valence-electron chi connectivity index (χ1n) is 6.58. The Morgan fingerprint density at radius 2 is 1.76 bits per heavy atom. The van der Waals surface area contributed by atoms with Gasteiger partial charge < -0.3 is 4.74 Å². The molecule has 1 heterocycles. The molecule has 3 rings (SSSR count). The molecule has 0 atom stereocenters. The summed E-state index contributed by atoms with van der Waals surface area (Å²) in [7, 11) is 0. The first kappa shape index (κ1) is 14.4. The average Bonchev–Trinajstić information content (AvgIpc) is 2.53. The van der Waals surface area contributed by atoms with Crippen molar-refractivity contribution in [1.29, 1.82) is 0 Å². The lowest BCUT2D eigenvalue weighted by atomic mass is 10.1. The van der Waals surface area contributed by atoms with Crippen molar-refractivity contribution in [2.75, 3.05) is 0 Å². The van der Waals surface area contributed by atoms with Crippen LogP contribution < -0.4 is 4.74 Å². The second-order valence-corrected chi connectivity index (χ2v) is 5.61. The number of halogens is 2. The topological polar surface area (TPSA) is 22.1 Å². The fraction of sp³-hybridized carbons (Fsp3) is 0.118. The Hall–Kier alpha value is -1.58. The van der Waals surface area contributed by atoms with Crippen molar-refractivity contribution in [1.82, 2.24) is 4.98 Å². The molecular weight excluding hydrogens is 350 g/mol. The summed E-state index contributed by atoms with van der Waals surface area (Å²) in [5.41, 5.74) is 3.05. The van der Waals surface area contributed by atoms with Crippen LogP contribution in [0.15, 0.2) is 54.7 Å². The smallest absolute Gasteiger partial charge is 0.142 e. The molecule has 0 unspecified atom stereocenters. The van der Waals surface area contributed by atoms with Gasteiger partial charge in [-0.15, -0.1) is 0 Å². The third-order valence-corrected chi connectivity index (χ3v) is 4.18. The molecule has 0 saturated carbocycles. The minimum atomic E-state index is 0.443. The molecule has 2 aromatic carbocycles. The van der Waals surface area contributed by atoms with E-state index in [1.807, 2.05) is 48.5 Å². The van der Waals surface area contributed by atoms with E-state index in [4.69, 9.17) is 16.3 Å². The number of nitrogens with zero attached hydrogens (tertiary/aromatic N) is 1. The fourth-order valence-electron chi connectivity index (χ4n) is 2.25. The second-order valence-electron chi connectivity index (χ2n) is 4.64. The van der Waals surface area contributed by atoms with E-state index in [0.717, 1.165) is 27.8 Å². The maximum atomic E-state index is 6.23. The van der Waals surface area contributed by atoms with Gasteiger partial charge in [0.15, 0.2) is 0 Å². The van der Waals surface area contributed by atoms with E-state index in [-0.39, 0.29) is 0 Å². The Kier molecular flexibility index (Phi) is 4.42. The van der Waals surface area contributed by atoms with Crippen LogP contribution >= 0.6 is 27.5 Å². The Morgan fingerprint density at radius 3 is 2.62 bits per heavy atom. The molecule has 0 N–H and O–H groups in total. The van der Waals surface area contributed by atoms with Gasteiger partial charge in [-0.3, -0.25) is 4.98 Å². The number of hydrogen-bond acceptors (Lipinski definition) is 2. The molecule has 0 bridgehead atoms. The van der Waals surface area contributed by atoms with Crippen molar-refractivity contribution in [3.05, 3.63) is 70.9 Å². The van der Waals surface area contributed by atoms with Crippen molar-refractivity contribution >= 4 is 38.4 Å². The number of benzene rings is 2. The predicted octanol–water partition coefficient (Wildman–Crippen LogP) is 5.36. The summed E-state index contributed by atoms with van der Waals surface area (Å²) in [5, 5.41) is 2.44. The Bertz CT molecular complexity index is 770. The molecule has 1 aromatic heterocycles. The zero-order valence-electron chi connectivity index (χ0n) is 11.2. The molecule has 106 valence electrons. The van der Waals surface area contributed by atoms with Crippen LogP contribution in [0.3, 0.4) is 0 Å².